The molecule has 1 aromatic carbocycles. The molecule has 0 radical (unpaired) electrons. The van der Waals surface area contributed by atoms with Gasteiger partial charge in [0, 0.05) is 16.6 Å². The predicted octanol–water partition coefficient (Wildman–Crippen LogP) is 4.18. The number of hydrogen-bond acceptors (Lipinski definition) is 1. The van der Waals surface area contributed by atoms with Gasteiger partial charge in [-0.2, -0.15) is 0 Å². The fourth-order valence-corrected chi connectivity index (χ4v) is 2.44. The van der Waals surface area contributed by atoms with Crippen molar-refractivity contribution < 1.29 is 4.39 Å². The van der Waals surface area contributed by atoms with E-state index in [2.05, 4.69) is 13.8 Å². The summed E-state index contributed by atoms with van der Waals surface area (Å²) in [4.78, 5) is 0. The molecule has 1 rings (SSSR count). The van der Waals surface area contributed by atoms with Gasteiger partial charge in [-0.15, -0.1) is 0 Å². The van der Waals surface area contributed by atoms with Crippen LogP contribution in [0.1, 0.15) is 38.7 Å². The fourth-order valence-electron chi connectivity index (χ4n) is 2.20. The van der Waals surface area contributed by atoms with Crippen molar-refractivity contribution in [1.82, 2.24) is 0 Å². The summed E-state index contributed by atoms with van der Waals surface area (Å²) in [5.74, 6) is 0.330. The molecule has 1 aromatic rings. The Kier molecular flexibility index (Phi) is 5.93. The largest absolute Gasteiger partial charge is 0.327 e. The Balaban J connectivity index is 2.59. The van der Waals surface area contributed by atoms with Crippen molar-refractivity contribution in [3.63, 3.8) is 0 Å². The van der Waals surface area contributed by atoms with E-state index in [0.29, 0.717) is 22.9 Å². The first-order chi connectivity index (χ1) is 8.04. The van der Waals surface area contributed by atoms with E-state index in [1.165, 1.54) is 12.5 Å². The van der Waals surface area contributed by atoms with Crippen LogP contribution in [-0.4, -0.2) is 6.04 Å². The normalized spacial score (nSPS) is 14.6. The Morgan fingerprint density at radius 1 is 1.41 bits per heavy atom. The molecule has 0 saturated heterocycles. The maximum absolute atomic E-state index is 13.6. The van der Waals surface area contributed by atoms with Crippen molar-refractivity contribution in [2.75, 3.05) is 0 Å². The summed E-state index contributed by atoms with van der Waals surface area (Å²) < 4.78 is 13.6. The molecule has 0 fully saturated rings. The van der Waals surface area contributed by atoms with Gasteiger partial charge in [0.05, 0.1) is 0 Å². The van der Waals surface area contributed by atoms with Gasteiger partial charge in [-0.3, -0.25) is 0 Å². The molecule has 2 atom stereocenters. The molecular formula is C14H21ClFN. The second kappa shape index (κ2) is 6.97. The molecule has 0 saturated carbocycles. The number of nitrogens with two attached hydrogens (primary N) is 1. The molecule has 0 aromatic heterocycles. The molecule has 2 unspecified atom stereocenters. The average molecular weight is 258 g/mol. The van der Waals surface area contributed by atoms with Crippen molar-refractivity contribution in [1.29, 1.82) is 0 Å². The van der Waals surface area contributed by atoms with Crippen LogP contribution < -0.4 is 5.73 Å². The van der Waals surface area contributed by atoms with Gasteiger partial charge < -0.3 is 5.73 Å². The third kappa shape index (κ3) is 4.64. The van der Waals surface area contributed by atoms with Crippen LogP contribution >= 0.6 is 11.6 Å². The zero-order valence-corrected chi connectivity index (χ0v) is 11.3. The molecule has 17 heavy (non-hydrogen) atoms. The summed E-state index contributed by atoms with van der Waals surface area (Å²) in [5, 5.41) is 0.476. The summed E-state index contributed by atoms with van der Waals surface area (Å²) in [5.41, 5.74) is 6.60. The van der Waals surface area contributed by atoms with Gasteiger partial charge in [0.15, 0.2) is 0 Å². The van der Waals surface area contributed by atoms with Crippen molar-refractivity contribution in [2.45, 2.75) is 45.6 Å². The molecule has 2 N–H and O–H groups in total. The number of hydrogen-bond donors (Lipinski definition) is 1. The maximum atomic E-state index is 13.6. The Labute approximate surface area is 108 Å². The molecule has 0 bridgehead atoms. The summed E-state index contributed by atoms with van der Waals surface area (Å²) in [7, 11) is 0. The van der Waals surface area contributed by atoms with E-state index in [0.717, 1.165) is 12.8 Å². The van der Waals surface area contributed by atoms with E-state index in [-0.39, 0.29) is 11.9 Å². The second-order valence-corrected chi connectivity index (χ2v) is 5.20. The Bertz CT molecular complexity index is 334. The lowest BCUT2D eigenvalue weighted by Crippen LogP contribution is -2.26. The number of halogens is 2. The molecule has 0 aliphatic heterocycles. The molecule has 0 aliphatic rings. The van der Waals surface area contributed by atoms with E-state index in [9.17, 15) is 4.39 Å². The highest BCUT2D eigenvalue weighted by Crippen LogP contribution is 2.22. The molecule has 0 heterocycles. The van der Waals surface area contributed by atoms with E-state index >= 15 is 0 Å². The van der Waals surface area contributed by atoms with Crippen molar-refractivity contribution >= 4 is 11.6 Å². The van der Waals surface area contributed by atoms with Crippen molar-refractivity contribution in [3.05, 3.63) is 34.6 Å². The molecule has 1 nitrogen and oxygen atoms in total. The summed E-state index contributed by atoms with van der Waals surface area (Å²) >= 11 is 5.98. The highest BCUT2D eigenvalue weighted by molar-refractivity contribution is 6.31. The van der Waals surface area contributed by atoms with E-state index in [1.54, 1.807) is 12.1 Å². The summed E-state index contributed by atoms with van der Waals surface area (Å²) in [6, 6.07) is 4.74. The van der Waals surface area contributed by atoms with Gasteiger partial charge in [-0.1, -0.05) is 44.4 Å². The molecular weight excluding hydrogens is 237 g/mol. The van der Waals surface area contributed by atoms with Crippen LogP contribution in [0.3, 0.4) is 0 Å². The van der Waals surface area contributed by atoms with Gasteiger partial charge in [0.1, 0.15) is 5.82 Å². The summed E-state index contributed by atoms with van der Waals surface area (Å²) in [6.07, 6.45) is 3.76. The Morgan fingerprint density at radius 2 is 2.12 bits per heavy atom. The minimum absolute atomic E-state index is 0.0223. The molecule has 0 aliphatic carbocycles. The predicted molar refractivity (Wildman–Crippen MR) is 71.8 cm³/mol. The maximum Gasteiger partial charge on any atom is 0.127 e. The SMILES string of the molecule is CCCC(C)CC(N)Cc1c(F)cccc1Cl. The standard InChI is InChI=1S/C14H21ClFN/c1-3-5-10(2)8-11(17)9-12-13(15)6-4-7-14(12)16/h4,6-7,10-11H,3,5,8-9,17H2,1-2H3. The van der Waals surface area contributed by atoms with Gasteiger partial charge in [-0.05, 0) is 30.9 Å². The molecule has 0 amide bonds. The number of rotatable bonds is 6. The Hall–Kier alpha value is -0.600. The van der Waals surface area contributed by atoms with E-state index < -0.39 is 0 Å². The zero-order valence-electron chi connectivity index (χ0n) is 10.5. The van der Waals surface area contributed by atoms with Gasteiger partial charge in [0.2, 0.25) is 0 Å². The lowest BCUT2D eigenvalue weighted by molar-refractivity contribution is 0.428. The van der Waals surface area contributed by atoms with Crippen LogP contribution in [0.5, 0.6) is 0 Å². The minimum atomic E-state index is -0.254. The first-order valence-corrected chi connectivity index (χ1v) is 6.60. The highest BCUT2D eigenvalue weighted by Gasteiger charge is 2.14. The summed E-state index contributed by atoms with van der Waals surface area (Å²) in [6.45, 7) is 4.35. The lowest BCUT2D eigenvalue weighted by atomic mass is 9.94. The Morgan fingerprint density at radius 3 is 2.71 bits per heavy atom. The molecule has 0 spiro atoms. The van der Waals surface area contributed by atoms with Gasteiger partial charge in [-0.25, -0.2) is 4.39 Å². The van der Waals surface area contributed by atoms with Crippen LogP contribution in [0.15, 0.2) is 18.2 Å². The topological polar surface area (TPSA) is 26.0 Å². The zero-order chi connectivity index (χ0) is 12.8. The monoisotopic (exact) mass is 257 g/mol. The first-order valence-electron chi connectivity index (χ1n) is 6.23. The highest BCUT2D eigenvalue weighted by atomic mass is 35.5. The third-order valence-corrected chi connectivity index (χ3v) is 3.37. The minimum Gasteiger partial charge on any atom is -0.327 e. The van der Waals surface area contributed by atoms with E-state index in [1.807, 2.05) is 0 Å². The van der Waals surface area contributed by atoms with Crippen LogP contribution in [-0.2, 0) is 6.42 Å². The van der Waals surface area contributed by atoms with E-state index in [4.69, 9.17) is 17.3 Å². The average Bonchev–Trinajstić information content (AvgIpc) is 2.24. The van der Waals surface area contributed by atoms with Crippen molar-refractivity contribution in [2.24, 2.45) is 11.7 Å². The lowest BCUT2D eigenvalue weighted by Gasteiger charge is -2.17. The van der Waals surface area contributed by atoms with Crippen LogP contribution in [0.4, 0.5) is 4.39 Å². The third-order valence-electron chi connectivity index (χ3n) is 3.01. The van der Waals surface area contributed by atoms with Gasteiger partial charge >= 0.3 is 0 Å². The van der Waals surface area contributed by atoms with Crippen LogP contribution in [0.25, 0.3) is 0 Å². The van der Waals surface area contributed by atoms with Crippen LogP contribution in [0.2, 0.25) is 5.02 Å². The van der Waals surface area contributed by atoms with Crippen LogP contribution in [0, 0.1) is 11.7 Å². The fraction of sp³-hybridized carbons (Fsp3) is 0.571. The van der Waals surface area contributed by atoms with Gasteiger partial charge in [0.25, 0.3) is 0 Å². The smallest absolute Gasteiger partial charge is 0.127 e. The number of benzene rings is 1. The second-order valence-electron chi connectivity index (χ2n) is 4.79. The molecule has 3 heteroatoms. The molecule has 96 valence electrons. The quantitative estimate of drug-likeness (QED) is 0.813. The van der Waals surface area contributed by atoms with Crippen molar-refractivity contribution in [3.8, 4) is 0 Å². The first kappa shape index (κ1) is 14.5.